The number of fused-ring (bicyclic) bond motifs is 1. The van der Waals surface area contributed by atoms with Crippen LogP contribution in [-0.4, -0.2) is 37.0 Å². The lowest BCUT2D eigenvalue weighted by atomic mass is 10.1. The molecule has 30 heavy (non-hydrogen) atoms. The lowest BCUT2D eigenvalue weighted by molar-refractivity contribution is -0.137. The van der Waals surface area contributed by atoms with Crippen LogP contribution in [0.3, 0.4) is 0 Å². The molecule has 0 radical (unpaired) electrons. The molecular formula is C23H24N2O5. The van der Waals surface area contributed by atoms with Crippen molar-refractivity contribution in [3.63, 3.8) is 0 Å². The molecule has 0 saturated carbocycles. The molecule has 0 aliphatic carbocycles. The molecule has 1 unspecified atom stereocenters. The van der Waals surface area contributed by atoms with Crippen molar-refractivity contribution in [2.75, 3.05) is 23.4 Å². The third-order valence-corrected chi connectivity index (χ3v) is 4.53. The Kier molecular flexibility index (Phi) is 6.85. The van der Waals surface area contributed by atoms with Crippen molar-refractivity contribution >= 4 is 35.2 Å². The number of nitrogens with one attached hydrogen (secondary N) is 1. The van der Waals surface area contributed by atoms with E-state index in [0.717, 1.165) is 5.56 Å². The van der Waals surface area contributed by atoms with Gasteiger partial charge in [0.15, 0.2) is 6.10 Å². The maximum Gasteiger partial charge on any atom is 0.330 e. The lowest BCUT2D eigenvalue weighted by Gasteiger charge is -2.32. The fraction of sp³-hybridized carbons (Fsp3) is 0.261. The number of nitrogens with zero attached hydrogens (tertiary/aromatic N) is 1. The fourth-order valence-corrected chi connectivity index (χ4v) is 3.06. The molecule has 0 aromatic heterocycles. The second kappa shape index (κ2) is 9.73. The van der Waals surface area contributed by atoms with Crippen LogP contribution >= 0.6 is 0 Å². The zero-order chi connectivity index (χ0) is 21.5. The lowest BCUT2D eigenvalue weighted by Crippen LogP contribution is -2.45. The summed E-state index contributed by atoms with van der Waals surface area (Å²) in [5.74, 6) is -0.131. The molecule has 2 aromatic rings. The van der Waals surface area contributed by atoms with Gasteiger partial charge in [-0.3, -0.25) is 9.59 Å². The highest BCUT2D eigenvalue weighted by Crippen LogP contribution is 2.33. The van der Waals surface area contributed by atoms with E-state index in [1.54, 1.807) is 55.2 Å². The maximum atomic E-state index is 12.5. The Bertz CT molecular complexity index is 952. The molecule has 1 atom stereocenters. The highest BCUT2D eigenvalue weighted by Gasteiger charge is 2.31. The molecule has 1 heterocycles. The number of amides is 2. The Morgan fingerprint density at radius 2 is 1.90 bits per heavy atom. The third-order valence-electron chi connectivity index (χ3n) is 4.53. The Labute approximate surface area is 175 Å². The molecule has 2 amide bonds. The van der Waals surface area contributed by atoms with Crippen molar-refractivity contribution in [1.29, 1.82) is 0 Å². The molecule has 7 heteroatoms. The summed E-state index contributed by atoms with van der Waals surface area (Å²) < 4.78 is 10.4. The third kappa shape index (κ3) is 5.26. The van der Waals surface area contributed by atoms with E-state index in [0.29, 0.717) is 23.7 Å². The van der Waals surface area contributed by atoms with E-state index < -0.39 is 12.1 Å². The minimum atomic E-state index is -0.585. The Morgan fingerprint density at radius 3 is 2.63 bits per heavy atom. The number of para-hydroxylation sites is 2. The Balaban J connectivity index is 1.56. The van der Waals surface area contributed by atoms with Gasteiger partial charge in [0.05, 0.1) is 12.3 Å². The number of hydrogen-bond donors (Lipinski definition) is 1. The first kappa shape index (κ1) is 21.1. The predicted molar refractivity (Wildman–Crippen MR) is 114 cm³/mol. The number of hydrogen-bond acceptors (Lipinski definition) is 5. The predicted octanol–water partition coefficient (Wildman–Crippen LogP) is 3.41. The van der Waals surface area contributed by atoms with Gasteiger partial charge in [-0.15, -0.1) is 0 Å². The van der Waals surface area contributed by atoms with E-state index in [4.69, 9.17) is 9.47 Å². The van der Waals surface area contributed by atoms with Crippen LogP contribution in [-0.2, 0) is 19.1 Å². The number of carbonyl (C=O) groups excluding carboxylic acids is 3. The standard InChI is InChI=1S/C23H24N2O5/c1-3-29-22(27)13-10-17-8-11-18(12-9-17)24-21(26)14-15-25-19-6-4-5-7-20(19)30-16(2)23(25)28/h4-13,16H,3,14-15H2,1-2H3,(H,24,26). The first-order valence-corrected chi connectivity index (χ1v) is 9.79. The number of anilines is 2. The average molecular weight is 408 g/mol. The molecule has 2 aromatic carbocycles. The highest BCUT2D eigenvalue weighted by molar-refractivity contribution is 6.00. The van der Waals surface area contributed by atoms with Gasteiger partial charge in [-0.1, -0.05) is 24.3 Å². The van der Waals surface area contributed by atoms with E-state index in [1.807, 2.05) is 18.2 Å². The van der Waals surface area contributed by atoms with Crippen molar-refractivity contribution in [1.82, 2.24) is 0 Å². The largest absolute Gasteiger partial charge is 0.479 e. The van der Waals surface area contributed by atoms with Crippen LogP contribution in [0.4, 0.5) is 11.4 Å². The quantitative estimate of drug-likeness (QED) is 0.561. The maximum absolute atomic E-state index is 12.5. The normalized spacial score (nSPS) is 15.5. The fourth-order valence-electron chi connectivity index (χ4n) is 3.06. The van der Waals surface area contributed by atoms with Gasteiger partial charge in [0.1, 0.15) is 5.75 Å². The number of ether oxygens (including phenoxy) is 2. The SMILES string of the molecule is CCOC(=O)C=Cc1ccc(NC(=O)CCN2C(=O)C(C)Oc3ccccc32)cc1. The molecule has 1 N–H and O–H groups in total. The topological polar surface area (TPSA) is 84.9 Å². The van der Waals surface area contributed by atoms with Gasteiger partial charge >= 0.3 is 5.97 Å². The van der Waals surface area contributed by atoms with Crippen molar-refractivity contribution in [3.8, 4) is 5.75 Å². The van der Waals surface area contributed by atoms with Gasteiger partial charge in [0, 0.05) is 24.7 Å². The minimum Gasteiger partial charge on any atom is -0.479 e. The summed E-state index contributed by atoms with van der Waals surface area (Å²) in [5, 5.41) is 2.82. The van der Waals surface area contributed by atoms with Crippen molar-refractivity contribution < 1.29 is 23.9 Å². The monoisotopic (exact) mass is 408 g/mol. The van der Waals surface area contributed by atoms with E-state index in [1.165, 1.54) is 6.08 Å². The van der Waals surface area contributed by atoms with E-state index >= 15 is 0 Å². The van der Waals surface area contributed by atoms with Gasteiger partial charge < -0.3 is 19.7 Å². The molecule has 1 aliphatic heterocycles. The Hall–Kier alpha value is -3.61. The molecular weight excluding hydrogens is 384 g/mol. The van der Waals surface area contributed by atoms with Crippen LogP contribution in [0.15, 0.2) is 54.6 Å². The van der Waals surface area contributed by atoms with Crippen LogP contribution < -0.4 is 15.0 Å². The molecule has 7 nitrogen and oxygen atoms in total. The molecule has 3 rings (SSSR count). The second-order valence-corrected chi connectivity index (χ2v) is 6.72. The molecule has 0 spiro atoms. The van der Waals surface area contributed by atoms with Gasteiger partial charge in [0.25, 0.3) is 5.91 Å². The van der Waals surface area contributed by atoms with Gasteiger partial charge in [-0.05, 0) is 49.8 Å². The van der Waals surface area contributed by atoms with Crippen LogP contribution in [0.5, 0.6) is 5.75 Å². The number of carbonyl (C=O) groups is 3. The van der Waals surface area contributed by atoms with Crippen molar-refractivity contribution in [2.45, 2.75) is 26.4 Å². The number of esters is 1. The van der Waals surface area contributed by atoms with E-state index in [-0.39, 0.29) is 24.8 Å². The zero-order valence-electron chi connectivity index (χ0n) is 17.0. The molecule has 1 aliphatic rings. The smallest absolute Gasteiger partial charge is 0.330 e. The van der Waals surface area contributed by atoms with Gasteiger partial charge in [0.2, 0.25) is 5.91 Å². The highest BCUT2D eigenvalue weighted by atomic mass is 16.5. The summed E-state index contributed by atoms with van der Waals surface area (Å²) in [6, 6.07) is 14.4. The van der Waals surface area contributed by atoms with Crippen LogP contribution in [0.2, 0.25) is 0 Å². The Morgan fingerprint density at radius 1 is 1.17 bits per heavy atom. The summed E-state index contributed by atoms with van der Waals surface area (Å²) in [4.78, 5) is 37.8. The summed E-state index contributed by atoms with van der Waals surface area (Å²) in [5.41, 5.74) is 2.12. The number of benzene rings is 2. The van der Waals surface area contributed by atoms with E-state index in [9.17, 15) is 14.4 Å². The molecule has 0 saturated heterocycles. The van der Waals surface area contributed by atoms with Gasteiger partial charge in [-0.25, -0.2) is 4.79 Å². The minimum absolute atomic E-state index is 0.150. The van der Waals surface area contributed by atoms with Crippen LogP contribution in [0, 0.1) is 0 Å². The van der Waals surface area contributed by atoms with Gasteiger partial charge in [-0.2, -0.15) is 0 Å². The van der Waals surface area contributed by atoms with Crippen molar-refractivity contribution in [2.24, 2.45) is 0 Å². The van der Waals surface area contributed by atoms with Crippen molar-refractivity contribution in [3.05, 3.63) is 60.2 Å². The van der Waals surface area contributed by atoms with Crippen LogP contribution in [0.1, 0.15) is 25.8 Å². The number of rotatable bonds is 7. The first-order chi connectivity index (χ1) is 14.5. The molecule has 0 bridgehead atoms. The first-order valence-electron chi connectivity index (χ1n) is 9.79. The summed E-state index contributed by atoms with van der Waals surface area (Å²) in [6.07, 6.45) is 2.57. The molecule has 156 valence electrons. The second-order valence-electron chi connectivity index (χ2n) is 6.72. The summed E-state index contributed by atoms with van der Waals surface area (Å²) >= 11 is 0. The molecule has 0 fully saturated rings. The van der Waals surface area contributed by atoms with E-state index in [2.05, 4.69) is 5.32 Å². The zero-order valence-corrected chi connectivity index (χ0v) is 17.0. The summed E-state index contributed by atoms with van der Waals surface area (Å²) in [6.45, 7) is 4.03. The summed E-state index contributed by atoms with van der Waals surface area (Å²) in [7, 11) is 0. The van der Waals surface area contributed by atoms with Crippen LogP contribution in [0.25, 0.3) is 6.08 Å². The average Bonchev–Trinajstić information content (AvgIpc) is 2.74.